The second-order valence-corrected chi connectivity index (χ2v) is 4.79. The van der Waals surface area contributed by atoms with Gasteiger partial charge in [0.1, 0.15) is 5.76 Å². The molecule has 1 amide bonds. The van der Waals surface area contributed by atoms with Crippen molar-refractivity contribution in [3.8, 4) is 0 Å². The highest BCUT2D eigenvalue weighted by molar-refractivity contribution is 5.94. The third kappa shape index (κ3) is 3.41. The number of carbonyl (C=O) groups excluding carboxylic acids is 1. The monoisotopic (exact) mass is 287 g/mol. The largest absolute Gasteiger partial charge is 0.467 e. The van der Waals surface area contributed by atoms with Crippen LogP contribution in [0.3, 0.4) is 0 Å². The Hall–Kier alpha value is -2.34. The minimum atomic E-state index is -0.158. The molecule has 6 nitrogen and oxygen atoms in total. The molecule has 0 saturated carbocycles. The molecule has 6 heteroatoms. The SMILES string of the molecule is O=C(NCc1ccco1)c1cncc(N2CCOCC2)c1. The molecule has 110 valence electrons. The van der Waals surface area contributed by atoms with Gasteiger partial charge in [-0.2, -0.15) is 0 Å². The van der Waals surface area contributed by atoms with E-state index in [4.69, 9.17) is 9.15 Å². The van der Waals surface area contributed by atoms with E-state index < -0.39 is 0 Å². The number of carbonyl (C=O) groups is 1. The molecule has 1 saturated heterocycles. The number of aromatic nitrogens is 1. The van der Waals surface area contributed by atoms with Crippen LogP contribution in [0.25, 0.3) is 0 Å². The van der Waals surface area contributed by atoms with Crippen LogP contribution in [0.15, 0.2) is 41.3 Å². The van der Waals surface area contributed by atoms with Crippen molar-refractivity contribution in [3.63, 3.8) is 0 Å². The van der Waals surface area contributed by atoms with E-state index in [2.05, 4.69) is 15.2 Å². The number of amides is 1. The molecule has 0 unspecified atom stereocenters. The smallest absolute Gasteiger partial charge is 0.253 e. The van der Waals surface area contributed by atoms with E-state index in [1.807, 2.05) is 12.1 Å². The second kappa shape index (κ2) is 6.41. The highest BCUT2D eigenvalue weighted by Gasteiger charge is 2.14. The van der Waals surface area contributed by atoms with Crippen LogP contribution < -0.4 is 10.2 Å². The molecule has 0 spiro atoms. The third-order valence-electron chi connectivity index (χ3n) is 3.37. The normalized spacial score (nSPS) is 15.0. The van der Waals surface area contributed by atoms with Gasteiger partial charge in [0.2, 0.25) is 0 Å². The minimum absolute atomic E-state index is 0.158. The number of anilines is 1. The molecule has 0 bridgehead atoms. The van der Waals surface area contributed by atoms with E-state index in [1.54, 1.807) is 24.7 Å². The number of hydrogen-bond acceptors (Lipinski definition) is 5. The van der Waals surface area contributed by atoms with Crippen LogP contribution in [-0.2, 0) is 11.3 Å². The van der Waals surface area contributed by atoms with Crippen LogP contribution in [0.4, 0.5) is 5.69 Å². The van der Waals surface area contributed by atoms with Crippen molar-refractivity contribution in [2.75, 3.05) is 31.2 Å². The van der Waals surface area contributed by atoms with Crippen LogP contribution in [-0.4, -0.2) is 37.2 Å². The Kier molecular flexibility index (Phi) is 4.16. The number of furan rings is 1. The van der Waals surface area contributed by atoms with Crippen molar-refractivity contribution >= 4 is 11.6 Å². The summed E-state index contributed by atoms with van der Waals surface area (Å²) in [5, 5.41) is 2.82. The van der Waals surface area contributed by atoms with Crippen molar-refractivity contribution < 1.29 is 13.9 Å². The first-order valence-electron chi connectivity index (χ1n) is 6.91. The first kappa shape index (κ1) is 13.6. The molecule has 1 aliphatic rings. The van der Waals surface area contributed by atoms with Crippen molar-refractivity contribution in [2.24, 2.45) is 0 Å². The summed E-state index contributed by atoms with van der Waals surface area (Å²) in [5.74, 6) is 0.564. The third-order valence-corrected chi connectivity index (χ3v) is 3.37. The molecule has 3 heterocycles. The van der Waals surface area contributed by atoms with E-state index in [9.17, 15) is 4.79 Å². The van der Waals surface area contributed by atoms with Gasteiger partial charge >= 0.3 is 0 Å². The Bertz CT molecular complexity index is 592. The maximum absolute atomic E-state index is 12.1. The fraction of sp³-hybridized carbons (Fsp3) is 0.333. The van der Waals surface area contributed by atoms with Gasteiger partial charge in [0, 0.05) is 19.3 Å². The Morgan fingerprint density at radius 2 is 2.19 bits per heavy atom. The Balaban J connectivity index is 1.65. The number of ether oxygens (including phenoxy) is 1. The molecule has 0 radical (unpaired) electrons. The fourth-order valence-corrected chi connectivity index (χ4v) is 2.23. The van der Waals surface area contributed by atoms with E-state index in [0.717, 1.165) is 24.5 Å². The molecule has 2 aromatic heterocycles. The predicted octanol–water partition coefficient (Wildman–Crippen LogP) is 1.44. The summed E-state index contributed by atoms with van der Waals surface area (Å²) >= 11 is 0. The van der Waals surface area contributed by atoms with Gasteiger partial charge in [-0.05, 0) is 18.2 Å². The van der Waals surface area contributed by atoms with Gasteiger partial charge in [0.15, 0.2) is 0 Å². The zero-order valence-electron chi connectivity index (χ0n) is 11.6. The van der Waals surface area contributed by atoms with Gasteiger partial charge in [-0.3, -0.25) is 9.78 Å². The lowest BCUT2D eigenvalue weighted by molar-refractivity contribution is 0.0947. The number of rotatable bonds is 4. The lowest BCUT2D eigenvalue weighted by Gasteiger charge is -2.28. The van der Waals surface area contributed by atoms with Gasteiger partial charge in [-0.25, -0.2) is 0 Å². The Morgan fingerprint density at radius 3 is 2.95 bits per heavy atom. The molecule has 2 aromatic rings. The van der Waals surface area contributed by atoms with Gasteiger partial charge in [0.25, 0.3) is 5.91 Å². The Morgan fingerprint density at radius 1 is 1.33 bits per heavy atom. The number of nitrogens with one attached hydrogen (secondary N) is 1. The number of pyridine rings is 1. The van der Waals surface area contributed by atoms with Crippen LogP contribution >= 0.6 is 0 Å². The quantitative estimate of drug-likeness (QED) is 0.921. The van der Waals surface area contributed by atoms with E-state index in [0.29, 0.717) is 25.3 Å². The summed E-state index contributed by atoms with van der Waals surface area (Å²) in [6.45, 7) is 3.41. The first-order valence-corrected chi connectivity index (χ1v) is 6.91. The van der Waals surface area contributed by atoms with Crippen LogP contribution in [0.5, 0.6) is 0 Å². The first-order chi connectivity index (χ1) is 10.3. The molecule has 1 N–H and O–H groups in total. The molecular formula is C15H17N3O3. The van der Waals surface area contributed by atoms with Gasteiger partial charge in [0.05, 0.1) is 43.5 Å². The summed E-state index contributed by atoms with van der Waals surface area (Å²) in [6, 6.07) is 5.47. The lowest BCUT2D eigenvalue weighted by atomic mass is 10.2. The summed E-state index contributed by atoms with van der Waals surface area (Å²) in [7, 11) is 0. The van der Waals surface area contributed by atoms with Crippen molar-refractivity contribution in [1.82, 2.24) is 10.3 Å². The van der Waals surface area contributed by atoms with Crippen molar-refractivity contribution in [3.05, 3.63) is 48.2 Å². The van der Waals surface area contributed by atoms with E-state index in [-0.39, 0.29) is 5.91 Å². The average molecular weight is 287 g/mol. The van der Waals surface area contributed by atoms with Crippen molar-refractivity contribution in [1.29, 1.82) is 0 Å². The van der Waals surface area contributed by atoms with Crippen LogP contribution in [0.2, 0.25) is 0 Å². The van der Waals surface area contributed by atoms with Crippen LogP contribution in [0.1, 0.15) is 16.1 Å². The Labute approximate surface area is 122 Å². The topological polar surface area (TPSA) is 67.6 Å². The highest BCUT2D eigenvalue weighted by Crippen LogP contribution is 2.16. The molecule has 0 aromatic carbocycles. The van der Waals surface area contributed by atoms with E-state index >= 15 is 0 Å². The summed E-state index contributed by atoms with van der Waals surface area (Å²) in [6.07, 6.45) is 4.93. The highest BCUT2D eigenvalue weighted by atomic mass is 16.5. The molecule has 1 fully saturated rings. The molecule has 3 rings (SSSR count). The summed E-state index contributed by atoms with van der Waals surface area (Å²) in [5.41, 5.74) is 1.49. The maximum atomic E-state index is 12.1. The lowest BCUT2D eigenvalue weighted by Crippen LogP contribution is -2.36. The van der Waals surface area contributed by atoms with Crippen molar-refractivity contribution in [2.45, 2.75) is 6.54 Å². The fourth-order valence-electron chi connectivity index (χ4n) is 2.23. The molecule has 21 heavy (non-hydrogen) atoms. The predicted molar refractivity (Wildman–Crippen MR) is 77.1 cm³/mol. The molecule has 0 aliphatic carbocycles. The summed E-state index contributed by atoms with van der Waals surface area (Å²) in [4.78, 5) is 18.5. The zero-order valence-corrected chi connectivity index (χ0v) is 11.6. The number of nitrogens with zero attached hydrogens (tertiary/aromatic N) is 2. The second-order valence-electron chi connectivity index (χ2n) is 4.79. The average Bonchev–Trinajstić information content (AvgIpc) is 3.07. The standard InChI is InChI=1S/C15H17N3O3/c19-15(17-11-14-2-1-5-21-14)12-8-13(10-16-9-12)18-3-6-20-7-4-18/h1-2,5,8-10H,3-4,6-7,11H2,(H,17,19). The van der Waals surface area contributed by atoms with E-state index in [1.165, 1.54) is 0 Å². The van der Waals surface area contributed by atoms with Crippen LogP contribution in [0, 0.1) is 0 Å². The maximum Gasteiger partial charge on any atom is 0.253 e. The van der Waals surface area contributed by atoms with Gasteiger partial charge in [-0.1, -0.05) is 0 Å². The zero-order chi connectivity index (χ0) is 14.5. The molecule has 0 atom stereocenters. The molecule has 1 aliphatic heterocycles. The minimum Gasteiger partial charge on any atom is -0.467 e. The number of hydrogen-bond donors (Lipinski definition) is 1. The summed E-state index contributed by atoms with van der Waals surface area (Å²) < 4.78 is 10.5. The molecular weight excluding hydrogens is 270 g/mol. The van der Waals surface area contributed by atoms with Gasteiger partial charge in [-0.15, -0.1) is 0 Å². The number of morpholine rings is 1. The van der Waals surface area contributed by atoms with Gasteiger partial charge < -0.3 is 19.4 Å².